The Balaban J connectivity index is 3.53. The Kier molecular flexibility index (Phi) is 4.06. The van der Waals surface area contributed by atoms with Crippen molar-refractivity contribution in [3.05, 3.63) is 28.8 Å². The molecule has 0 aromatic heterocycles. The predicted octanol–water partition coefficient (Wildman–Crippen LogP) is 2.79. The van der Waals surface area contributed by atoms with Crippen molar-refractivity contribution >= 4 is 17.4 Å². The Morgan fingerprint density at radius 3 is 1.60 bits per heavy atom. The lowest BCUT2D eigenvalue weighted by atomic mass is 10.1. The first-order valence-corrected chi connectivity index (χ1v) is 4.73. The number of Topliss-reactive ketones (excluding diaryl/α,β-unsaturated/α-hetero) is 1. The Bertz CT molecular complexity index is 565. The zero-order chi connectivity index (χ0) is 15.8. The van der Waals surface area contributed by atoms with Gasteiger partial charge in [-0.3, -0.25) is 9.59 Å². The van der Waals surface area contributed by atoms with Crippen molar-refractivity contribution in [2.24, 2.45) is 0 Å². The summed E-state index contributed by atoms with van der Waals surface area (Å²) in [4.78, 5) is 21.4. The molecule has 0 aliphatic heterocycles. The summed E-state index contributed by atoms with van der Waals surface area (Å²) in [6.45, 7) is 0.669. The summed E-state index contributed by atoms with van der Waals surface area (Å²) < 4.78 is 89.4. The SMILES string of the molecule is CC(=O)C(=O)Nc1c(F)c(F)c(C(F)(F)F)c(F)c1F. The predicted molar refractivity (Wildman–Crippen MR) is 50.6 cm³/mol. The zero-order valence-corrected chi connectivity index (χ0v) is 9.46. The Labute approximate surface area is 106 Å². The number of hydrogen-bond acceptors (Lipinski definition) is 2. The van der Waals surface area contributed by atoms with Crippen LogP contribution in [0.5, 0.6) is 0 Å². The number of halogens is 7. The van der Waals surface area contributed by atoms with E-state index >= 15 is 0 Å². The van der Waals surface area contributed by atoms with Crippen LogP contribution in [0.15, 0.2) is 0 Å². The van der Waals surface area contributed by atoms with E-state index in [0.29, 0.717) is 6.92 Å². The number of carbonyl (C=O) groups is 2. The van der Waals surface area contributed by atoms with Gasteiger partial charge in [-0.05, 0) is 0 Å². The molecule has 0 radical (unpaired) electrons. The second-order valence-corrected chi connectivity index (χ2v) is 3.51. The number of rotatable bonds is 2. The van der Waals surface area contributed by atoms with Crippen LogP contribution in [-0.4, -0.2) is 11.7 Å². The molecule has 0 bridgehead atoms. The van der Waals surface area contributed by atoms with E-state index in [2.05, 4.69) is 0 Å². The summed E-state index contributed by atoms with van der Waals surface area (Å²) in [5.41, 5.74) is -4.58. The van der Waals surface area contributed by atoms with Crippen molar-refractivity contribution in [3.63, 3.8) is 0 Å². The van der Waals surface area contributed by atoms with Gasteiger partial charge in [-0.2, -0.15) is 13.2 Å². The molecule has 0 saturated heterocycles. The molecule has 0 saturated carbocycles. The van der Waals surface area contributed by atoms with E-state index in [4.69, 9.17) is 0 Å². The molecule has 0 spiro atoms. The first-order valence-electron chi connectivity index (χ1n) is 4.73. The van der Waals surface area contributed by atoms with E-state index in [9.17, 15) is 40.3 Å². The fourth-order valence-corrected chi connectivity index (χ4v) is 1.19. The zero-order valence-electron chi connectivity index (χ0n) is 9.46. The first kappa shape index (κ1) is 15.9. The molecule has 0 unspecified atom stereocenters. The highest BCUT2D eigenvalue weighted by atomic mass is 19.4. The molecule has 1 rings (SSSR count). The molecule has 0 aliphatic carbocycles. The van der Waals surface area contributed by atoms with Gasteiger partial charge in [0.05, 0.1) is 0 Å². The van der Waals surface area contributed by atoms with Crippen molar-refractivity contribution in [2.45, 2.75) is 13.1 Å². The molecular formula is C10H4F7NO2. The number of nitrogens with one attached hydrogen (secondary N) is 1. The maximum absolute atomic E-state index is 13.2. The van der Waals surface area contributed by atoms with Crippen LogP contribution in [0.1, 0.15) is 12.5 Å². The minimum absolute atomic E-state index is 0.669. The van der Waals surface area contributed by atoms with Crippen LogP contribution < -0.4 is 5.32 Å². The molecule has 0 heterocycles. The van der Waals surface area contributed by atoms with E-state index in [1.54, 1.807) is 0 Å². The van der Waals surface area contributed by atoms with Crippen LogP contribution in [0.25, 0.3) is 0 Å². The molecule has 0 atom stereocenters. The number of carbonyl (C=O) groups excluding carboxylic acids is 2. The normalized spacial score (nSPS) is 11.4. The van der Waals surface area contributed by atoms with Crippen LogP contribution in [0.3, 0.4) is 0 Å². The highest BCUT2D eigenvalue weighted by Gasteiger charge is 2.42. The Hall–Kier alpha value is -2.13. The molecule has 3 nitrogen and oxygen atoms in total. The minimum Gasteiger partial charge on any atom is -0.314 e. The van der Waals surface area contributed by atoms with E-state index in [0.717, 1.165) is 5.32 Å². The van der Waals surface area contributed by atoms with E-state index in [1.165, 1.54) is 0 Å². The van der Waals surface area contributed by atoms with Gasteiger partial charge < -0.3 is 5.32 Å². The highest BCUT2D eigenvalue weighted by molar-refractivity contribution is 6.39. The number of ketones is 1. The van der Waals surface area contributed by atoms with E-state index < -0.39 is 52.4 Å². The summed E-state index contributed by atoms with van der Waals surface area (Å²) in [5.74, 6) is -13.3. The second kappa shape index (κ2) is 5.10. The quantitative estimate of drug-likeness (QED) is 0.519. The third-order valence-electron chi connectivity index (χ3n) is 2.11. The van der Waals surface area contributed by atoms with Gasteiger partial charge in [-0.25, -0.2) is 17.6 Å². The number of hydrogen-bond donors (Lipinski definition) is 1. The number of amides is 1. The van der Waals surface area contributed by atoms with Gasteiger partial charge >= 0.3 is 6.18 Å². The largest absolute Gasteiger partial charge is 0.422 e. The van der Waals surface area contributed by atoms with Gasteiger partial charge in [-0.1, -0.05) is 0 Å². The number of alkyl halides is 3. The number of anilines is 1. The average Bonchev–Trinajstić information content (AvgIpc) is 2.30. The Morgan fingerprint density at radius 2 is 1.30 bits per heavy atom. The van der Waals surface area contributed by atoms with E-state index in [-0.39, 0.29) is 0 Å². The molecule has 1 aromatic carbocycles. The molecule has 20 heavy (non-hydrogen) atoms. The standard InChI is InChI=1S/C10H4F7NO2/c1-2(19)9(20)18-8-6(13)4(11)3(10(15,16)17)5(12)7(8)14/h1H3,(H,18,20). The summed E-state index contributed by atoms with van der Waals surface area (Å²) >= 11 is 0. The van der Waals surface area contributed by atoms with Gasteiger partial charge in [0.1, 0.15) is 11.3 Å². The van der Waals surface area contributed by atoms with Crippen molar-refractivity contribution in [1.29, 1.82) is 0 Å². The fourth-order valence-electron chi connectivity index (χ4n) is 1.19. The van der Waals surface area contributed by atoms with Gasteiger partial charge in [0, 0.05) is 6.92 Å². The first-order chi connectivity index (χ1) is 8.98. The van der Waals surface area contributed by atoms with Gasteiger partial charge in [0.25, 0.3) is 5.91 Å². The molecule has 1 N–H and O–H groups in total. The van der Waals surface area contributed by atoms with Crippen molar-refractivity contribution < 1.29 is 40.3 Å². The van der Waals surface area contributed by atoms with Crippen molar-refractivity contribution in [2.75, 3.05) is 5.32 Å². The van der Waals surface area contributed by atoms with Crippen LogP contribution in [0.4, 0.5) is 36.4 Å². The summed E-state index contributed by atoms with van der Waals surface area (Å²) in [5, 5.41) is 1.15. The lowest BCUT2D eigenvalue weighted by Crippen LogP contribution is -2.24. The molecule has 10 heteroatoms. The van der Waals surface area contributed by atoms with Crippen LogP contribution in [0.2, 0.25) is 0 Å². The van der Waals surface area contributed by atoms with Crippen molar-refractivity contribution in [3.8, 4) is 0 Å². The summed E-state index contributed by atoms with van der Waals surface area (Å²) in [6, 6.07) is 0. The van der Waals surface area contributed by atoms with Crippen LogP contribution in [-0.2, 0) is 15.8 Å². The average molecular weight is 303 g/mol. The van der Waals surface area contributed by atoms with Gasteiger partial charge in [0.2, 0.25) is 5.78 Å². The van der Waals surface area contributed by atoms with E-state index in [1.807, 2.05) is 0 Å². The third kappa shape index (κ3) is 2.73. The molecule has 1 amide bonds. The lowest BCUT2D eigenvalue weighted by molar-refractivity contribution is -0.143. The monoisotopic (exact) mass is 303 g/mol. The van der Waals surface area contributed by atoms with Crippen molar-refractivity contribution in [1.82, 2.24) is 0 Å². The molecule has 1 aromatic rings. The topological polar surface area (TPSA) is 46.2 Å². The molecule has 0 fully saturated rings. The smallest absolute Gasteiger partial charge is 0.314 e. The Morgan fingerprint density at radius 1 is 0.900 bits per heavy atom. The van der Waals surface area contributed by atoms with Crippen LogP contribution >= 0.6 is 0 Å². The maximum atomic E-state index is 13.2. The van der Waals surface area contributed by atoms with Crippen LogP contribution in [0, 0.1) is 23.3 Å². The molecule has 110 valence electrons. The number of benzene rings is 1. The molecule has 0 aliphatic rings. The second-order valence-electron chi connectivity index (χ2n) is 3.51. The highest BCUT2D eigenvalue weighted by Crippen LogP contribution is 2.38. The van der Waals surface area contributed by atoms with Gasteiger partial charge in [0.15, 0.2) is 23.3 Å². The maximum Gasteiger partial charge on any atom is 0.422 e. The third-order valence-corrected chi connectivity index (χ3v) is 2.11. The summed E-state index contributed by atoms with van der Waals surface area (Å²) in [7, 11) is 0. The minimum atomic E-state index is -5.68. The van der Waals surface area contributed by atoms with Gasteiger partial charge in [-0.15, -0.1) is 0 Å². The fraction of sp³-hybridized carbons (Fsp3) is 0.200. The summed E-state index contributed by atoms with van der Waals surface area (Å²) in [6.07, 6.45) is -5.68. The molecular weight excluding hydrogens is 299 g/mol. The lowest BCUT2D eigenvalue weighted by Gasteiger charge is -2.14.